The fourth-order valence-corrected chi connectivity index (χ4v) is 8.11. The van der Waals surface area contributed by atoms with Crippen LogP contribution in [0.25, 0.3) is 27.5 Å². The van der Waals surface area contributed by atoms with Crippen LogP contribution >= 0.6 is 11.3 Å². The Hall–Kier alpha value is -1.57. The number of fused-ring (bicyclic) bond motifs is 8. The molecule has 4 unspecified atom stereocenters. The Morgan fingerprint density at radius 2 is 1.57 bits per heavy atom. The molecule has 0 amide bonds. The van der Waals surface area contributed by atoms with Crippen LogP contribution in [0.1, 0.15) is 97.4 Å². The number of rotatable bonds is 1. The number of hydrogen-bond acceptors (Lipinski definition) is 1. The predicted molar refractivity (Wildman–Crippen MR) is 171 cm³/mol. The van der Waals surface area contributed by atoms with Crippen molar-refractivity contribution in [2.75, 3.05) is 0 Å². The number of hydrogen-bond donors (Lipinski definition) is 0. The van der Waals surface area contributed by atoms with Gasteiger partial charge < -0.3 is 24.8 Å². The largest absolute Gasteiger partial charge is 4.00 e. The van der Waals surface area contributed by atoms with Crippen molar-refractivity contribution in [1.29, 1.82) is 0 Å². The number of thiophene rings is 1. The van der Waals surface area contributed by atoms with Gasteiger partial charge in [-0.15, -0.1) is 22.8 Å². The van der Waals surface area contributed by atoms with Crippen molar-refractivity contribution in [2.45, 2.75) is 73.6 Å². The summed E-state index contributed by atoms with van der Waals surface area (Å²) in [5, 5.41) is 7.17. The molecule has 3 aliphatic rings. The van der Waals surface area contributed by atoms with Crippen LogP contribution in [0.15, 0.2) is 59.3 Å². The minimum absolute atomic E-state index is 0. The van der Waals surface area contributed by atoms with E-state index in [9.17, 15) is 0 Å². The second-order valence-corrected chi connectivity index (χ2v) is 12.9. The molecule has 4 atom stereocenters. The van der Waals surface area contributed by atoms with E-state index in [0.29, 0.717) is 23.7 Å². The second-order valence-electron chi connectivity index (χ2n) is 12.1. The topological polar surface area (TPSA) is 0 Å². The summed E-state index contributed by atoms with van der Waals surface area (Å²) in [7, 11) is 0. The molecule has 0 nitrogen and oxygen atoms in total. The normalized spacial score (nSPS) is 21.1. The van der Waals surface area contributed by atoms with Gasteiger partial charge >= 0.3 is 26.2 Å². The van der Waals surface area contributed by atoms with E-state index in [2.05, 4.69) is 121 Å². The molecular formula is C38H40Cl2SZr. The molecular weight excluding hydrogens is 651 g/mol. The average molecular weight is 691 g/mol. The van der Waals surface area contributed by atoms with E-state index < -0.39 is 0 Å². The standard InChI is InChI=1S/C29H33.C9H7S.2ClH.Zr/c1-14-13-24-25(18(5)15(14)2)21(8)28-27-20(7)17(4)16(3)19(6)26(27)22-11-9-10-12-23(22)29(24)28;1-2-4-8(3-1)9-5-6-10-7-9;;;/h9-13,16-17,19,21H,1-8H3;1,3,5-7H,2H2;2*1H;/q2*-1;;;+4/p-2. The number of halogens is 2. The van der Waals surface area contributed by atoms with E-state index in [1.54, 1.807) is 39.5 Å². The second kappa shape index (κ2) is 13.6. The molecule has 0 bridgehead atoms. The van der Waals surface area contributed by atoms with Gasteiger partial charge in [0.25, 0.3) is 0 Å². The van der Waals surface area contributed by atoms with Crippen LogP contribution in [0, 0.1) is 44.6 Å². The quantitative estimate of drug-likeness (QED) is 0.243. The van der Waals surface area contributed by atoms with Gasteiger partial charge in [-0.25, -0.2) is 0 Å². The molecule has 0 saturated heterocycles. The molecule has 0 spiro atoms. The fraction of sp³-hybridized carbons (Fsp3) is 0.342. The molecule has 4 aromatic rings. The van der Waals surface area contributed by atoms with Crippen LogP contribution < -0.4 is 24.8 Å². The van der Waals surface area contributed by atoms with Crippen molar-refractivity contribution >= 4 is 27.7 Å². The van der Waals surface area contributed by atoms with Crippen molar-refractivity contribution in [3.05, 3.63) is 116 Å². The molecule has 1 heterocycles. The van der Waals surface area contributed by atoms with Crippen LogP contribution in [0.5, 0.6) is 0 Å². The Morgan fingerprint density at radius 3 is 2.19 bits per heavy atom. The first-order valence-corrected chi connectivity index (χ1v) is 15.5. The molecule has 216 valence electrons. The zero-order valence-electron chi connectivity index (χ0n) is 26.0. The third-order valence-corrected chi connectivity index (χ3v) is 11.0. The SMILES string of the molecule is Cc1cc2c(c(C)c1C)C(C)c1c3c(c4ccccc4c1-2)C(C)C(C)C(C)[C-]3C.[C-]1=C(c2ccsc2)C=CC1.[Cl-].[Cl-].[Zr+4]. The first-order chi connectivity index (χ1) is 18.7. The molecule has 3 aliphatic carbocycles. The zero-order valence-corrected chi connectivity index (χ0v) is 30.7. The van der Waals surface area contributed by atoms with Gasteiger partial charge in [0.15, 0.2) is 0 Å². The Balaban J connectivity index is 0.000000317. The molecule has 0 radical (unpaired) electrons. The molecule has 0 fully saturated rings. The van der Waals surface area contributed by atoms with Gasteiger partial charge in [0.1, 0.15) is 0 Å². The summed E-state index contributed by atoms with van der Waals surface area (Å²) in [5.41, 5.74) is 16.3. The maximum absolute atomic E-state index is 3.27. The molecule has 42 heavy (non-hydrogen) atoms. The summed E-state index contributed by atoms with van der Waals surface area (Å²) in [4.78, 5) is 0. The van der Waals surface area contributed by atoms with Crippen molar-refractivity contribution < 1.29 is 51.0 Å². The molecule has 4 heteroatoms. The minimum Gasteiger partial charge on any atom is -1.00 e. The predicted octanol–water partition coefficient (Wildman–Crippen LogP) is 5.13. The summed E-state index contributed by atoms with van der Waals surface area (Å²) in [6, 6.07) is 13.8. The molecule has 1 aromatic heterocycles. The van der Waals surface area contributed by atoms with E-state index in [1.807, 2.05) is 0 Å². The summed E-state index contributed by atoms with van der Waals surface area (Å²) < 4.78 is 0. The van der Waals surface area contributed by atoms with Gasteiger partial charge in [0, 0.05) is 0 Å². The Morgan fingerprint density at radius 1 is 0.881 bits per heavy atom. The van der Waals surface area contributed by atoms with Crippen molar-refractivity contribution in [3.8, 4) is 11.1 Å². The van der Waals surface area contributed by atoms with Gasteiger partial charge in [0.05, 0.1) is 0 Å². The molecule has 0 N–H and O–H groups in total. The van der Waals surface area contributed by atoms with E-state index in [-0.39, 0.29) is 51.0 Å². The first-order valence-electron chi connectivity index (χ1n) is 14.6. The van der Waals surface area contributed by atoms with Crippen LogP contribution in [-0.4, -0.2) is 0 Å². The van der Waals surface area contributed by atoms with Crippen LogP contribution in [-0.2, 0) is 26.2 Å². The van der Waals surface area contributed by atoms with Gasteiger partial charge in [-0.3, -0.25) is 0 Å². The number of aryl methyl sites for hydroxylation is 1. The van der Waals surface area contributed by atoms with Crippen molar-refractivity contribution in [2.24, 2.45) is 11.8 Å². The van der Waals surface area contributed by atoms with Crippen molar-refractivity contribution in [3.63, 3.8) is 0 Å². The van der Waals surface area contributed by atoms with Gasteiger partial charge in [0.2, 0.25) is 0 Å². The average Bonchev–Trinajstić information content (AvgIpc) is 3.71. The first kappa shape index (κ1) is 34.9. The monoisotopic (exact) mass is 688 g/mol. The van der Waals surface area contributed by atoms with E-state index in [0.717, 1.165) is 6.42 Å². The summed E-state index contributed by atoms with van der Waals surface area (Å²) in [6.45, 7) is 19.1. The maximum atomic E-state index is 3.27. The summed E-state index contributed by atoms with van der Waals surface area (Å²) >= 11 is 1.73. The van der Waals surface area contributed by atoms with Gasteiger partial charge in [-0.1, -0.05) is 112 Å². The number of allylic oxidation sites excluding steroid dienone is 4. The zero-order chi connectivity index (χ0) is 27.6. The third-order valence-electron chi connectivity index (χ3n) is 10.3. The van der Waals surface area contributed by atoms with E-state index in [1.165, 1.54) is 49.7 Å². The summed E-state index contributed by atoms with van der Waals surface area (Å²) in [5.74, 6) is 3.94. The minimum atomic E-state index is 0. The van der Waals surface area contributed by atoms with E-state index in [4.69, 9.17) is 0 Å². The van der Waals surface area contributed by atoms with Gasteiger partial charge in [-0.05, 0) is 65.3 Å². The molecule has 0 saturated carbocycles. The van der Waals surface area contributed by atoms with Crippen LogP contribution in [0.2, 0.25) is 0 Å². The smallest absolute Gasteiger partial charge is 1.00 e. The Bertz CT molecular complexity index is 1650. The summed E-state index contributed by atoms with van der Waals surface area (Å²) in [6.07, 6.45) is 8.51. The molecule has 7 rings (SSSR count). The third kappa shape index (κ3) is 5.45. The fourth-order valence-electron chi connectivity index (χ4n) is 7.46. The Kier molecular flexibility index (Phi) is 11.3. The van der Waals surface area contributed by atoms with Crippen LogP contribution in [0.3, 0.4) is 0 Å². The number of benzene rings is 3. The van der Waals surface area contributed by atoms with Gasteiger partial charge in [-0.2, -0.15) is 40.5 Å². The molecule has 3 aromatic carbocycles. The Labute approximate surface area is 289 Å². The van der Waals surface area contributed by atoms with Crippen molar-refractivity contribution in [1.82, 2.24) is 0 Å². The van der Waals surface area contributed by atoms with E-state index >= 15 is 0 Å². The molecule has 0 aliphatic heterocycles. The maximum Gasteiger partial charge on any atom is 4.00 e. The van der Waals surface area contributed by atoms with Crippen LogP contribution in [0.4, 0.5) is 0 Å².